The highest BCUT2D eigenvalue weighted by atomic mass is 16.7. The van der Waals surface area contributed by atoms with E-state index in [1.807, 2.05) is 45.9 Å². The van der Waals surface area contributed by atoms with Gasteiger partial charge < -0.3 is 44.6 Å². The Morgan fingerprint density at radius 1 is 0.878 bits per heavy atom. The fourth-order valence-corrected chi connectivity index (χ4v) is 10.1. The first-order valence-electron chi connectivity index (χ1n) is 26.4. The van der Waals surface area contributed by atoms with Gasteiger partial charge in [-0.25, -0.2) is 9.59 Å². The fraction of sp³-hybridized carbons (Fsp3) is 0.709. The van der Waals surface area contributed by atoms with E-state index >= 15 is 0 Å². The van der Waals surface area contributed by atoms with Crippen LogP contribution in [0, 0.1) is 29.1 Å². The number of carbonyl (C=O) groups excluding carboxylic acids is 8. The monoisotopic (exact) mass is 1040 g/mol. The Hall–Kier alpha value is -5.40. The molecule has 2 heterocycles. The van der Waals surface area contributed by atoms with Crippen molar-refractivity contribution in [1.82, 2.24) is 30.4 Å². The third kappa shape index (κ3) is 16.3. The van der Waals surface area contributed by atoms with Gasteiger partial charge in [0.1, 0.15) is 18.2 Å². The number of likely N-dealkylation sites (tertiary alicyclic amines) is 1. The molecule has 0 aromatic heterocycles. The zero-order valence-corrected chi connectivity index (χ0v) is 46.6. The minimum Gasteiger partial charge on any atom is -0.446 e. The molecule has 0 aliphatic carbocycles. The summed E-state index contributed by atoms with van der Waals surface area (Å²) in [6, 6.07) is 5.37. The third-order valence-electron chi connectivity index (χ3n) is 15.1. The molecule has 0 saturated carbocycles. The molecule has 2 aliphatic heterocycles. The molecule has 19 nitrogen and oxygen atoms in total. The lowest BCUT2D eigenvalue weighted by Crippen LogP contribution is -2.60. The van der Waals surface area contributed by atoms with E-state index in [2.05, 4.69) is 17.2 Å². The Morgan fingerprint density at radius 2 is 1.50 bits per heavy atom. The minimum atomic E-state index is -1.15. The number of ether oxygens (including phenoxy) is 3. The number of hydroxylamine groups is 2. The first kappa shape index (κ1) is 62.9. The third-order valence-corrected chi connectivity index (χ3v) is 15.1. The molecule has 0 unspecified atom stereocenters. The van der Waals surface area contributed by atoms with Gasteiger partial charge >= 0.3 is 12.1 Å². The number of hydrogen-bond acceptors (Lipinski definition) is 13. The van der Waals surface area contributed by atoms with Gasteiger partial charge in [0.2, 0.25) is 23.6 Å². The van der Waals surface area contributed by atoms with Gasteiger partial charge in [0.15, 0.2) is 0 Å². The van der Waals surface area contributed by atoms with Crippen LogP contribution in [0.5, 0.6) is 0 Å². The summed E-state index contributed by atoms with van der Waals surface area (Å²) >= 11 is 0. The summed E-state index contributed by atoms with van der Waals surface area (Å²) < 4.78 is 17.8. The van der Waals surface area contributed by atoms with Crippen LogP contribution in [0.4, 0.5) is 4.79 Å². The molecule has 0 spiro atoms. The lowest BCUT2D eigenvalue weighted by atomic mass is 9.80. The second-order valence-corrected chi connectivity index (χ2v) is 21.4. The molecule has 1 aromatic carbocycles. The largest absolute Gasteiger partial charge is 0.446 e. The number of aliphatic hydroxyl groups excluding tert-OH is 1. The Morgan fingerprint density at radius 3 is 2.04 bits per heavy atom. The Balaban J connectivity index is 1.73. The van der Waals surface area contributed by atoms with Crippen LogP contribution in [-0.2, 0) is 52.6 Å². The van der Waals surface area contributed by atoms with E-state index in [1.165, 1.54) is 26.2 Å². The summed E-state index contributed by atoms with van der Waals surface area (Å²) in [7, 11) is 6.12. The van der Waals surface area contributed by atoms with Gasteiger partial charge in [0, 0.05) is 47.7 Å². The summed E-state index contributed by atoms with van der Waals surface area (Å²) in [4.78, 5) is 118. The molecule has 19 heteroatoms. The predicted octanol–water partition coefficient (Wildman–Crippen LogP) is 6.13. The quantitative estimate of drug-likeness (QED) is 0.0607. The van der Waals surface area contributed by atoms with Crippen LogP contribution in [0.3, 0.4) is 0 Å². The molecule has 0 radical (unpaired) electrons. The van der Waals surface area contributed by atoms with Crippen molar-refractivity contribution in [2.45, 2.75) is 188 Å². The molecule has 3 N–H and O–H groups in total. The maximum absolute atomic E-state index is 14.7. The minimum absolute atomic E-state index is 0.0406. The second kappa shape index (κ2) is 29.0. The first-order chi connectivity index (χ1) is 34.8. The molecular weight excluding hydrogens is 953 g/mol. The van der Waals surface area contributed by atoms with Gasteiger partial charge in [-0.1, -0.05) is 91.3 Å². The van der Waals surface area contributed by atoms with Gasteiger partial charge in [-0.05, 0) is 82.6 Å². The summed E-state index contributed by atoms with van der Waals surface area (Å²) in [5, 5.41) is 17.3. The Kier molecular flexibility index (Phi) is 24.7. The highest BCUT2D eigenvalue weighted by Crippen LogP contribution is 2.34. The van der Waals surface area contributed by atoms with Crippen LogP contribution in [0.15, 0.2) is 43.0 Å². The summed E-state index contributed by atoms with van der Waals surface area (Å²) in [5.74, 6) is -5.10. The van der Waals surface area contributed by atoms with Crippen LogP contribution >= 0.6 is 0 Å². The first-order valence-corrected chi connectivity index (χ1v) is 26.4. The van der Waals surface area contributed by atoms with Gasteiger partial charge in [-0.2, -0.15) is 0 Å². The average Bonchev–Trinajstić information content (AvgIpc) is 3.98. The number of amides is 7. The van der Waals surface area contributed by atoms with E-state index in [0.29, 0.717) is 49.3 Å². The number of rotatable bonds is 29. The number of imide groups is 1. The smallest absolute Gasteiger partial charge is 0.410 e. The number of aliphatic hydroxyl groups is 1. The van der Waals surface area contributed by atoms with E-state index in [0.717, 1.165) is 0 Å². The fourth-order valence-electron chi connectivity index (χ4n) is 10.1. The van der Waals surface area contributed by atoms with Crippen molar-refractivity contribution in [3.05, 3.63) is 48.6 Å². The number of hydrogen-bond donors (Lipinski definition) is 3. The number of nitrogens with one attached hydrogen (secondary N) is 2. The molecule has 3 rings (SSSR count). The van der Waals surface area contributed by atoms with E-state index < -0.39 is 113 Å². The van der Waals surface area contributed by atoms with E-state index in [9.17, 15) is 43.5 Å². The molecule has 12 atom stereocenters. The maximum Gasteiger partial charge on any atom is 0.410 e. The SMILES string of the molecule is C=CCC[C@](C)(CC[C@H](C)OC(=O)N(C)[C@H](C(=O)N[C@H](C(=O)N(C)[C@@H]([C@@H](C)CC)[C@@H](CC(=O)N1CCC[C@H]1[C@H](OC)[C@@H](C)C(=O)N[C@H](C)[C@@H](O)c1ccccc1)OC)C(C)C)C(C)C)C(=O)ON1C(=O)CCC1=O. The molecule has 74 heavy (non-hydrogen) atoms. The van der Waals surface area contributed by atoms with Gasteiger partial charge in [-0.15, -0.1) is 11.6 Å². The standard InChI is InChI=1S/C55H88N6O13/c1-16-18-29-55(11,53(69)74-61-42(62)26-27-43(61)63)30-28-36(8)73-54(70)59(13)46(34(5)6)51(67)57-45(33(3)4)52(68)58(12)47(35(7)17-2)41(71-14)32-44(64)60-31-22-25-40(60)49(72-15)37(9)50(66)56-38(10)48(65)39-23-20-19-21-24-39/h16,19-21,23-24,33-38,40-41,45-49,65H,1,17-18,22,25-32H2,2-15H3,(H,56,66)(H,57,67)/t35-,36-,37+,38+,40-,41+,45-,46-,47-,48+,49+,55+/m0/s1. The van der Waals surface area contributed by atoms with Crippen molar-refractivity contribution in [2.24, 2.45) is 29.1 Å². The topological polar surface area (TPSA) is 231 Å². The average molecular weight is 1040 g/mol. The van der Waals surface area contributed by atoms with E-state index in [1.54, 1.807) is 76.6 Å². The Labute approximate surface area is 439 Å². The summed E-state index contributed by atoms with van der Waals surface area (Å²) in [5.41, 5.74) is -0.475. The normalized spacial score (nSPS) is 19.8. The Bertz CT molecular complexity index is 2060. The number of likely N-dealkylation sites (N-methyl/N-ethyl adjacent to an activating group) is 2. The highest BCUT2D eigenvalue weighted by molar-refractivity contribution is 6.01. The van der Waals surface area contributed by atoms with Crippen LogP contribution in [0.25, 0.3) is 0 Å². The number of nitrogens with zero attached hydrogens (tertiary/aromatic N) is 4. The molecule has 2 saturated heterocycles. The zero-order valence-electron chi connectivity index (χ0n) is 46.6. The number of allylic oxidation sites excluding steroid dienone is 1. The molecule has 2 fully saturated rings. The molecule has 416 valence electrons. The van der Waals surface area contributed by atoms with Gasteiger partial charge in [-0.3, -0.25) is 33.7 Å². The molecular formula is C55H88N6O13. The van der Waals surface area contributed by atoms with Crippen LogP contribution < -0.4 is 10.6 Å². The lowest BCUT2D eigenvalue weighted by Gasteiger charge is -2.41. The van der Waals surface area contributed by atoms with Gasteiger partial charge in [0.05, 0.1) is 54.2 Å². The summed E-state index contributed by atoms with van der Waals surface area (Å²) in [6.45, 7) is 22.1. The van der Waals surface area contributed by atoms with Crippen LogP contribution in [-0.4, -0.2) is 156 Å². The van der Waals surface area contributed by atoms with E-state index in [4.69, 9.17) is 19.0 Å². The maximum atomic E-state index is 14.7. The number of benzene rings is 1. The van der Waals surface area contributed by atoms with Crippen LogP contribution in [0.1, 0.15) is 145 Å². The highest BCUT2D eigenvalue weighted by Gasteiger charge is 2.45. The molecule has 7 amide bonds. The van der Waals surface area contributed by atoms with Crippen molar-refractivity contribution in [3.8, 4) is 0 Å². The molecule has 0 bridgehead atoms. The van der Waals surface area contributed by atoms with Crippen molar-refractivity contribution >= 4 is 47.5 Å². The number of methoxy groups -OCH3 is 2. The zero-order chi connectivity index (χ0) is 55.8. The number of carbonyl (C=O) groups is 8. The summed E-state index contributed by atoms with van der Waals surface area (Å²) in [6.07, 6.45) is 0.695. The predicted molar refractivity (Wildman–Crippen MR) is 278 cm³/mol. The van der Waals surface area contributed by atoms with Crippen molar-refractivity contribution < 1.29 is 62.5 Å². The van der Waals surface area contributed by atoms with Gasteiger partial charge in [0.25, 0.3) is 11.8 Å². The lowest BCUT2D eigenvalue weighted by molar-refractivity contribution is -0.205. The van der Waals surface area contributed by atoms with Crippen LogP contribution in [0.2, 0.25) is 0 Å². The van der Waals surface area contributed by atoms with Crippen molar-refractivity contribution in [2.75, 3.05) is 34.9 Å². The molecule has 2 aliphatic rings. The second-order valence-electron chi connectivity index (χ2n) is 21.4. The molecule has 1 aromatic rings. The van der Waals surface area contributed by atoms with Crippen molar-refractivity contribution in [1.29, 1.82) is 0 Å². The van der Waals surface area contributed by atoms with E-state index in [-0.39, 0.29) is 49.8 Å². The van der Waals surface area contributed by atoms with Crippen molar-refractivity contribution in [3.63, 3.8) is 0 Å².